The summed E-state index contributed by atoms with van der Waals surface area (Å²) in [6, 6.07) is 0.697. The highest BCUT2D eigenvalue weighted by Crippen LogP contribution is 2.53. The summed E-state index contributed by atoms with van der Waals surface area (Å²) in [5.74, 6) is 4.17. The van der Waals surface area contributed by atoms with Crippen molar-refractivity contribution in [2.45, 2.75) is 58.0 Å². The maximum atomic E-state index is 11.7. The van der Waals surface area contributed by atoms with Crippen molar-refractivity contribution in [3.63, 3.8) is 0 Å². The Hall–Kier alpha value is -0.0900. The molecule has 3 nitrogen and oxygen atoms in total. The lowest BCUT2D eigenvalue weighted by Crippen LogP contribution is -2.57. The van der Waals surface area contributed by atoms with Gasteiger partial charge in [0.1, 0.15) is 0 Å². The van der Waals surface area contributed by atoms with E-state index in [0.717, 1.165) is 23.7 Å². The van der Waals surface area contributed by atoms with Crippen LogP contribution < -0.4 is 5.32 Å². The van der Waals surface area contributed by atoms with Crippen LogP contribution >= 0.6 is 0 Å². The zero-order chi connectivity index (χ0) is 13.6. The lowest BCUT2D eigenvalue weighted by molar-refractivity contribution is -0.0162. The number of hydrogen-bond donors (Lipinski definition) is 1. The van der Waals surface area contributed by atoms with Crippen molar-refractivity contribution in [3.8, 4) is 0 Å². The van der Waals surface area contributed by atoms with Gasteiger partial charge in [-0.3, -0.25) is 0 Å². The molecule has 4 aliphatic rings. The molecule has 4 saturated carbocycles. The normalized spacial score (nSPS) is 42.5. The first-order valence-corrected chi connectivity index (χ1v) is 9.75. The molecule has 0 heterocycles. The Bertz CT molecular complexity index is 403. The summed E-state index contributed by atoms with van der Waals surface area (Å²) < 4.78 is 23.4. The van der Waals surface area contributed by atoms with Gasteiger partial charge in [-0.2, -0.15) is 0 Å². The highest BCUT2D eigenvalue weighted by molar-refractivity contribution is 7.91. The quantitative estimate of drug-likeness (QED) is 0.842. The molecular formula is C15H27NO2S. The van der Waals surface area contributed by atoms with E-state index < -0.39 is 9.84 Å². The lowest BCUT2D eigenvalue weighted by Gasteiger charge is -2.55. The summed E-state index contributed by atoms with van der Waals surface area (Å²) >= 11 is 0. The van der Waals surface area contributed by atoms with Crippen molar-refractivity contribution < 1.29 is 8.42 Å². The van der Waals surface area contributed by atoms with Crippen molar-refractivity contribution in [2.75, 3.05) is 11.5 Å². The van der Waals surface area contributed by atoms with Crippen LogP contribution in [0.2, 0.25) is 0 Å². The number of nitrogens with one attached hydrogen (secondary N) is 1. The van der Waals surface area contributed by atoms with Crippen LogP contribution in [0.25, 0.3) is 0 Å². The average molecular weight is 285 g/mol. The van der Waals surface area contributed by atoms with Gasteiger partial charge in [0.2, 0.25) is 0 Å². The summed E-state index contributed by atoms with van der Waals surface area (Å²) in [5, 5.41) is 3.67. The van der Waals surface area contributed by atoms with Crippen LogP contribution in [0.3, 0.4) is 0 Å². The fourth-order valence-electron chi connectivity index (χ4n) is 5.07. The number of rotatable bonds is 5. The first-order chi connectivity index (χ1) is 8.97. The summed E-state index contributed by atoms with van der Waals surface area (Å²) in [7, 11) is -2.86. The second-order valence-corrected chi connectivity index (χ2v) is 9.62. The minimum absolute atomic E-state index is 0.104. The fraction of sp³-hybridized carbons (Fsp3) is 1.00. The predicted octanol–water partition coefficient (Wildman–Crippen LogP) is 2.22. The zero-order valence-corrected chi connectivity index (χ0v) is 13.0. The second kappa shape index (κ2) is 5.03. The van der Waals surface area contributed by atoms with E-state index in [1.807, 2.05) is 6.92 Å². The largest absolute Gasteiger partial charge is 0.310 e. The number of sulfone groups is 1. The van der Waals surface area contributed by atoms with Crippen LogP contribution in [0.4, 0.5) is 0 Å². The lowest BCUT2D eigenvalue weighted by atomic mass is 9.54. The Balaban J connectivity index is 1.61. The highest BCUT2D eigenvalue weighted by atomic mass is 32.2. The molecule has 0 aromatic rings. The molecule has 1 unspecified atom stereocenters. The maximum absolute atomic E-state index is 11.7. The summed E-state index contributed by atoms with van der Waals surface area (Å²) in [6.45, 7) is 3.78. The summed E-state index contributed by atoms with van der Waals surface area (Å²) in [6.07, 6.45) is 7.02. The first-order valence-electron chi connectivity index (χ1n) is 7.93. The molecule has 4 heteroatoms. The molecule has 0 aromatic carbocycles. The van der Waals surface area contributed by atoms with Gasteiger partial charge in [0.25, 0.3) is 0 Å². The highest BCUT2D eigenvalue weighted by Gasteiger charge is 2.48. The van der Waals surface area contributed by atoms with Crippen LogP contribution in [0.1, 0.15) is 46.0 Å². The molecule has 0 radical (unpaired) electrons. The monoisotopic (exact) mass is 285 g/mol. The Morgan fingerprint density at radius 3 is 2.05 bits per heavy atom. The van der Waals surface area contributed by atoms with Crippen LogP contribution in [-0.2, 0) is 9.84 Å². The predicted molar refractivity (Wildman–Crippen MR) is 77.8 cm³/mol. The summed E-state index contributed by atoms with van der Waals surface area (Å²) in [4.78, 5) is 0. The van der Waals surface area contributed by atoms with Crippen LogP contribution in [0.5, 0.6) is 0 Å². The van der Waals surface area contributed by atoms with Gasteiger partial charge in [0.05, 0.1) is 5.75 Å². The van der Waals surface area contributed by atoms with Crippen molar-refractivity contribution in [2.24, 2.45) is 23.7 Å². The molecular weight excluding hydrogens is 258 g/mol. The molecule has 0 aromatic heterocycles. The van der Waals surface area contributed by atoms with Gasteiger partial charge in [0.15, 0.2) is 9.84 Å². The smallest absolute Gasteiger partial charge is 0.151 e. The third-order valence-electron chi connectivity index (χ3n) is 5.65. The Morgan fingerprint density at radius 2 is 1.58 bits per heavy atom. The van der Waals surface area contributed by atoms with Crippen LogP contribution in [-0.4, -0.2) is 32.0 Å². The molecule has 0 spiro atoms. The minimum Gasteiger partial charge on any atom is -0.310 e. The third-order valence-corrected chi connectivity index (χ3v) is 7.53. The molecule has 0 amide bonds. The van der Waals surface area contributed by atoms with E-state index in [2.05, 4.69) is 5.32 Å². The minimum atomic E-state index is -2.86. The van der Waals surface area contributed by atoms with Gasteiger partial charge >= 0.3 is 0 Å². The van der Waals surface area contributed by atoms with E-state index >= 15 is 0 Å². The van der Waals surface area contributed by atoms with E-state index in [1.54, 1.807) is 6.92 Å². The number of hydrogen-bond acceptors (Lipinski definition) is 3. The average Bonchev–Trinajstić information content (AvgIpc) is 2.32. The van der Waals surface area contributed by atoms with Crippen molar-refractivity contribution in [1.29, 1.82) is 0 Å². The van der Waals surface area contributed by atoms with E-state index in [0.29, 0.717) is 11.8 Å². The molecule has 0 saturated heterocycles. The molecule has 4 rings (SSSR count). The van der Waals surface area contributed by atoms with E-state index in [-0.39, 0.29) is 11.8 Å². The third kappa shape index (κ3) is 2.85. The van der Waals surface area contributed by atoms with Crippen molar-refractivity contribution in [3.05, 3.63) is 0 Å². The van der Waals surface area contributed by atoms with Crippen LogP contribution in [0, 0.1) is 23.7 Å². The molecule has 0 aliphatic heterocycles. The Kier molecular flexibility index (Phi) is 3.67. The fourth-order valence-corrected chi connectivity index (χ4v) is 6.17. The SMILES string of the molecule is CCS(=O)(=O)CC(C)NC1C2CC3CC(C2)CC1C3. The van der Waals surface area contributed by atoms with Crippen molar-refractivity contribution >= 4 is 9.84 Å². The Labute approximate surface area is 117 Å². The Morgan fingerprint density at radius 1 is 1.05 bits per heavy atom. The standard InChI is InChI=1S/C15H27NO2S/c1-3-19(17,18)9-10(2)16-15-13-5-11-4-12(7-13)8-14(15)6-11/h10-16H,3-9H2,1-2H3. The van der Waals surface area contributed by atoms with Crippen molar-refractivity contribution in [1.82, 2.24) is 5.32 Å². The first kappa shape index (κ1) is 13.9. The molecule has 1 N–H and O–H groups in total. The molecule has 1 atom stereocenters. The molecule has 19 heavy (non-hydrogen) atoms. The van der Waals surface area contributed by atoms with E-state index in [1.165, 1.54) is 32.1 Å². The molecule has 110 valence electrons. The second-order valence-electron chi connectivity index (χ2n) is 7.22. The molecule has 4 aliphatic carbocycles. The van der Waals surface area contributed by atoms with Gasteiger partial charge < -0.3 is 5.32 Å². The van der Waals surface area contributed by atoms with Gasteiger partial charge in [-0.05, 0) is 62.7 Å². The molecule has 4 bridgehead atoms. The topological polar surface area (TPSA) is 46.2 Å². The molecule has 4 fully saturated rings. The van der Waals surface area contributed by atoms with E-state index in [4.69, 9.17) is 0 Å². The van der Waals surface area contributed by atoms with Gasteiger partial charge in [0, 0.05) is 17.8 Å². The van der Waals surface area contributed by atoms with Crippen LogP contribution in [0.15, 0.2) is 0 Å². The zero-order valence-electron chi connectivity index (χ0n) is 12.1. The summed E-state index contributed by atoms with van der Waals surface area (Å²) in [5.41, 5.74) is 0. The van der Waals surface area contributed by atoms with Gasteiger partial charge in [-0.25, -0.2) is 8.42 Å². The van der Waals surface area contributed by atoms with Gasteiger partial charge in [-0.1, -0.05) is 6.92 Å². The van der Waals surface area contributed by atoms with Gasteiger partial charge in [-0.15, -0.1) is 0 Å². The maximum Gasteiger partial charge on any atom is 0.151 e. The van der Waals surface area contributed by atoms with E-state index in [9.17, 15) is 8.42 Å².